The fraction of sp³-hybridized carbons (Fsp3) is 0.379. The average Bonchev–Trinajstić information content (AvgIpc) is 3.61. The van der Waals surface area contributed by atoms with Gasteiger partial charge in [0.15, 0.2) is 0 Å². The lowest BCUT2D eigenvalue weighted by molar-refractivity contribution is 0.315. The average molecular weight is 536 g/mol. The van der Waals surface area contributed by atoms with Crippen LogP contribution >= 0.6 is 0 Å². The van der Waals surface area contributed by atoms with E-state index in [4.69, 9.17) is 4.42 Å². The summed E-state index contributed by atoms with van der Waals surface area (Å²) in [5, 5.41) is 15.0. The monoisotopic (exact) mass is 535 g/mol. The predicted octanol–water partition coefficient (Wildman–Crippen LogP) is 5.31. The summed E-state index contributed by atoms with van der Waals surface area (Å²) in [6, 6.07) is 10.0. The van der Waals surface area contributed by atoms with Gasteiger partial charge in [0.1, 0.15) is 11.5 Å². The van der Waals surface area contributed by atoms with Crippen molar-refractivity contribution in [1.82, 2.24) is 9.19 Å². The number of anilines is 1. The highest BCUT2D eigenvalue weighted by molar-refractivity contribution is 7.91. The third kappa shape index (κ3) is 4.95. The Morgan fingerprint density at radius 2 is 2.05 bits per heavy atom. The maximum atomic E-state index is 13.4. The fourth-order valence-corrected chi connectivity index (χ4v) is 6.51. The highest BCUT2D eigenvalue weighted by atomic mass is 32.2. The number of aryl methyl sites for hydroxylation is 1. The van der Waals surface area contributed by atoms with Gasteiger partial charge in [-0.2, -0.15) is 13.5 Å². The van der Waals surface area contributed by atoms with Gasteiger partial charge in [-0.3, -0.25) is 4.72 Å². The van der Waals surface area contributed by atoms with Crippen LogP contribution in [0, 0.1) is 11.3 Å². The fourth-order valence-electron chi connectivity index (χ4n) is 5.58. The van der Waals surface area contributed by atoms with Crippen LogP contribution < -0.4 is 10.3 Å². The standard InChI is InChI=1S/C29H33N3O5S/c1-3-29(14-5-4-6-15-29)16-13-24-20-25(33)26(27(34)37-24)28(2,21-11-12-21)22-9-7-10-23(19-22)31-38(35,36)32-18-8-17-30-32/h4-10,14,17-21,31,33H,3,11-13,15-16H2,1-2H3. The number of aromatic hydroxyl groups is 1. The number of hydrogen-bond acceptors (Lipinski definition) is 6. The molecule has 2 N–H and O–H groups in total. The molecule has 2 aliphatic carbocycles. The highest BCUT2D eigenvalue weighted by Crippen LogP contribution is 2.52. The molecule has 2 heterocycles. The molecule has 1 aromatic carbocycles. The lowest BCUT2D eigenvalue weighted by Crippen LogP contribution is -2.33. The first-order valence-electron chi connectivity index (χ1n) is 13.0. The van der Waals surface area contributed by atoms with E-state index in [1.54, 1.807) is 24.3 Å². The number of benzene rings is 1. The van der Waals surface area contributed by atoms with Gasteiger partial charge >= 0.3 is 15.8 Å². The molecule has 1 fully saturated rings. The number of rotatable bonds is 10. The molecule has 0 aliphatic heterocycles. The zero-order chi connectivity index (χ0) is 27.0. The number of nitrogens with zero attached hydrogens (tertiary/aromatic N) is 2. The summed E-state index contributed by atoms with van der Waals surface area (Å²) in [6.07, 6.45) is 16.3. The van der Waals surface area contributed by atoms with Gasteiger partial charge < -0.3 is 9.52 Å². The lowest BCUT2D eigenvalue weighted by atomic mass is 9.72. The highest BCUT2D eigenvalue weighted by Gasteiger charge is 2.48. The van der Waals surface area contributed by atoms with Gasteiger partial charge in [-0.05, 0) is 67.2 Å². The van der Waals surface area contributed by atoms with Crippen LogP contribution in [0.5, 0.6) is 5.75 Å². The van der Waals surface area contributed by atoms with Crippen molar-refractivity contribution in [2.45, 2.75) is 57.8 Å². The second-order valence-electron chi connectivity index (χ2n) is 10.5. The summed E-state index contributed by atoms with van der Waals surface area (Å²) in [5.74, 6) is 0.492. The van der Waals surface area contributed by atoms with Crippen LogP contribution in [-0.4, -0.2) is 22.7 Å². The molecule has 0 saturated heterocycles. The molecule has 2 unspecified atom stereocenters. The van der Waals surface area contributed by atoms with Crippen molar-refractivity contribution in [2.75, 3.05) is 4.72 Å². The van der Waals surface area contributed by atoms with Gasteiger partial charge in [-0.25, -0.2) is 4.79 Å². The van der Waals surface area contributed by atoms with Gasteiger partial charge in [-0.1, -0.05) is 50.3 Å². The molecule has 0 bridgehead atoms. The van der Waals surface area contributed by atoms with Crippen LogP contribution in [0.3, 0.4) is 0 Å². The number of hydrogen-bond donors (Lipinski definition) is 2. The number of allylic oxidation sites excluding steroid dienone is 4. The molecular weight excluding hydrogens is 502 g/mol. The summed E-state index contributed by atoms with van der Waals surface area (Å²) in [6.45, 7) is 4.08. The molecule has 9 heteroatoms. The number of nitrogens with one attached hydrogen (secondary N) is 1. The van der Waals surface area contributed by atoms with E-state index in [1.165, 1.54) is 18.5 Å². The Bertz CT molecular complexity index is 1540. The third-order valence-electron chi connectivity index (χ3n) is 8.13. The van der Waals surface area contributed by atoms with Gasteiger partial charge in [0.05, 0.1) is 17.4 Å². The van der Waals surface area contributed by atoms with E-state index < -0.39 is 21.2 Å². The second kappa shape index (κ2) is 9.94. The minimum atomic E-state index is -3.93. The maximum Gasteiger partial charge on any atom is 0.343 e. The minimum Gasteiger partial charge on any atom is -0.507 e. The van der Waals surface area contributed by atoms with Gasteiger partial charge in [-0.15, -0.1) is 4.09 Å². The zero-order valence-corrected chi connectivity index (χ0v) is 22.4. The van der Waals surface area contributed by atoms with E-state index in [1.807, 2.05) is 19.1 Å². The Morgan fingerprint density at radius 3 is 2.68 bits per heavy atom. The van der Waals surface area contributed by atoms with Crippen LogP contribution in [0.2, 0.25) is 0 Å². The molecule has 2 aliphatic rings. The van der Waals surface area contributed by atoms with Crippen LogP contribution in [0.15, 0.2) is 82.3 Å². The van der Waals surface area contributed by atoms with E-state index in [-0.39, 0.29) is 22.6 Å². The minimum absolute atomic E-state index is 0.0219. The van der Waals surface area contributed by atoms with E-state index in [2.05, 4.69) is 35.0 Å². The van der Waals surface area contributed by atoms with E-state index in [0.29, 0.717) is 17.9 Å². The molecule has 3 aromatic rings. The topological polar surface area (TPSA) is 114 Å². The zero-order valence-electron chi connectivity index (χ0n) is 21.6. The molecule has 1 saturated carbocycles. The Morgan fingerprint density at radius 1 is 1.24 bits per heavy atom. The molecule has 2 aromatic heterocycles. The molecule has 200 valence electrons. The van der Waals surface area contributed by atoms with E-state index in [9.17, 15) is 18.3 Å². The van der Waals surface area contributed by atoms with Crippen LogP contribution in [0.25, 0.3) is 0 Å². The van der Waals surface area contributed by atoms with Crippen LogP contribution in [0.4, 0.5) is 5.69 Å². The Hall–Kier alpha value is -3.59. The summed E-state index contributed by atoms with van der Waals surface area (Å²) < 4.78 is 34.5. The van der Waals surface area contributed by atoms with E-state index in [0.717, 1.165) is 41.8 Å². The summed E-state index contributed by atoms with van der Waals surface area (Å²) in [4.78, 5) is 13.4. The second-order valence-corrected chi connectivity index (χ2v) is 12.0. The van der Waals surface area contributed by atoms with Crippen molar-refractivity contribution in [2.24, 2.45) is 11.3 Å². The smallest absolute Gasteiger partial charge is 0.343 e. The Labute approximate surface area is 222 Å². The maximum absolute atomic E-state index is 13.4. The molecule has 8 nitrogen and oxygen atoms in total. The molecule has 0 radical (unpaired) electrons. The van der Waals surface area contributed by atoms with Gasteiger partial charge in [0.25, 0.3) is 0 Å². The Balaban J connectivity index is 1.45. The largest absolute Gasteiger partial charge is 0.507 e. The van der Waals surface area contributed by atoms with Crippen molar-refractivity contribution in [3.63, 3.8) is 0 Å². The van der Waals surface area contributed by atoms with Gasteiger partial charge in [0.2, 0.25) is 0 Å². The Kier molecular flexibility index (Phi) is 6.81. The van der Waals surface area contributed by atoms with E-state index >= 15 is 0 Å². The summed E-state index contributed by atoms with van der Waals surface area (Å²) in [5.41, 5.74) is -0.112. The van der Waals surface area contributed by atoms with Crippen LogP contribution in [0.1, 0.15) is 62.8 Å². The first-order chi connectivity index (χ1) is 18.2. The molecule has 38 heavy (non-hydrogen) atoms. The normalized spacial score (nSPS) is 20.8. The third-order valence-corrected chi connectivity index (χ3v) is 9.33. The van der Waals surface area contributed by atoms with Crippen molar-refractivity contribution >= 4 is 15.9 Å². The van der Waals surface area contributed by atoms with Crippen LogP contribution in [-0.2, 0) is 22.0 Å². The first-order valence-corrected chi connectivity index (χ1v) is 14.5. The molecule has 2 atom stereocenters. The number of aromatic nitrogens is 2. The first kappa shape index (κ1) is 26.0. The SMILES string of the molecule is CCC1(CCc2cc(O)c(C(C)(c3cccc(NS(=O)(=O)n4cccn4)c3)C3CC3)c(=O)o2)C=CC=CC1. The van der Waals surface area contributed by atoms with Gasteiger partial charge in [0, 0.05) is 24.1 Å². The summed E-state index contributed by atoms with van der Waals surface area (Å²) in [7, 11) is -3.93. The molecule has 0 spiro atoms. The molecule has 0 amide bonds. The molecule has 5 rings (SSSR count). The van der Waals surface area contributed by atoms with Crippen molar-refractivity contribution in [1.29, 1.82) is 0 Å². The van der Waals surface area contributed by atoms with Crippen molar-refractivity contribution in [3.8, 4) is 5.75 Å². The predicted molar refractivity (Wildman–Crippen MR) is 146 cm³/mol. The van der Waals surface area contributed by atoms with Crippen molar-refractivity contribution < 1.29 is 17.9 Å². The quantitative estimate of drug-likeness (QED) is 0.364. The summed E-state index contributed by atoms with van der Waals surface area (Å²) >= 11 is 0. The molecular formula is C29H33N3O5S. The lowest BCUT2D eigenvalue weighted by Gasteiger charge is -2.31. The van der Waals surface area contributed by atoms with Crippen molar-refractivity contribution in [3.05, 3.63) is 100 Å².